The normalized spacial score (nSPS) is 14.8. The molecule has 1 atom stereocenters. The van der Waals surface area contributed by atoms with Gasteiger partial charge in [-0.1, -0.05) is 140 Å². The first-order chi connectivity index (χ1) is 20.8. The van der Waals surface area contributed by atoms with Crippen LogP contribution in [-0.4, -0.2) is 24.4 Å². The summed E-state index contributed by atoms with van der Waals surface area (Å²) >= 11 is 0. The van der Waals surface area contributed by atoms with Crippen molar-refractivity contribution < 1.29 is 9.14 Å². The second-order valence-corrected chi connectivity index (χ2v) is 10.7. The second kappa shape index (κ2) is 11.9. The van der Waals surface area contributed by atoms with E-state index in [1.54, 1.807) is 0 Å². The summed E-state index contributed by atoms with van der Waals surface area (Å²) in [5.74, 6) is 0.142. The van der Waals surface area contributed by atoms with Gasteiger partial charge in [0.05, 0.1) is 12.5 Å². The van der Waals surface area contributed by atoms with Crippen LogP contribution in [0.1, 0.15) is 11.5 Å². The molecular weight excluding hydrogens is 509 g/mol. The van der Waals surface area contributed by atoms with Crippen molar-refractivity contribution in [2.75, 3.05) is 6.61 Å². The van der Waals surface area contributed by atoms with Crippen LogP contribution in [0.2, 0.25) is 0 Å². The van der Waals surface area contributed by atoms with E-state index in [9.17, 15) is 0 Å². The van der Waals surface area contributed by atoms with Gasteiger partial charge in [0.1, 0.15) is 6.21 Å². The molecule has 7 rings (SSSR count). The van der Waals surface area contributed by atoms with E-state index in [4.69, 9.17) is 4.65 Å². The van der Waals surface area contributed by atoms with Crippen LogP contribution in [0.25, 0.3) is 33.4 Å². The molecule has 0 aliphatic carbocycles. The van der Waals surface area contributed by atoms with Gasteiger partial charge in [0.15, 0.2) is 5.69 Å². The summed E-state index contributed by atoms with van der Waals surface area (Å²) in [4.78, 5) is 0. The molecule has 0 bridgehead atoms. The van der Waals surface area contributed by atoms with Gasteiger partial charge < -0.3 is 4.65 Å². The molecule has 1 heterocycles. The van der Waals surface area contributed by atoms with Crippen molar-refractivity contribution in [2.24, 2.45) is 0 Å². The topological polar surface area (TPSA) is 12.2 Å². The van der Waals surface area contributed by atoms with Gasteiger partial charge in [-0.2, -0.15) is 0 Å². The van der Waals surface area contributed by atoms with Gasteiger partial charge in [-0.25, -0.2) is 0 Å². The molecule has 0 amide bonds. The summed E-state index contributed by atoms with van der Waals surface area (Å²) < 4.78 is 8.97. The van der Waals surface area contributed by atoms with E-state index in [-0.39, 0.29) is 13.0 Å². The number of hydrogen-bond donors (Lipinski definition) is 0. The molecule has 6 aromatic rings. The van der Waals surface area contributed by atoms with Crippen molar-refractivity contribution in [3.05, 3.63) is 169 Å². The predicted octanol–water partition coefficient (Wildman–Crippen LogP) is 8.61. The van der Waals surface area contributed by atoms with Gasteiger partial charge in [-0.3, -0.25) is 4.49 Å². The van der Waals surface area contributed by atoms with Gasteiger partial charge in [-0.05, 0) is 51.1 Å². The fourth-order valence-corrected chi connectivity index (χ4v) is 5.73. The summed E-state index contributed by atoms with van der Waals surface area (Å²) in [6, 6.07) is 58.0. The molecule has 200 valence electrons. The molecule has 2 nitrogen and oxygen atoms in total. The van der Waals surface area contributed by atoms with E-state index in [0.29, 0.717) is 6.61 Å². The monoisotopic (exact) mass is 540 g/mol. The minimum atomic E-state index is -0.211. The number of rotatable bonds is 6. The highest BCUT2D eigenvalue weighted by Gasteiger charge is 2.42. The summed E-state index contributed by atoms with van der Waals surface area (Å²) in [7, 11) is -0.211. The smallest absolute Gasteiger partial charge is 0.368 e. The number of nitrogens with zero attached hydrogens (tertiary/aromatic N) is 1. The van der Waals surface area contributed by atoms with Crippen LogP contribution < -0.4 is 5.46 Å². The van der Waals surface area contributed by atoms with Crippen molar-refractivity contribution in [1.29, 1.82) is 0 Å². The summed E-state index contributed by atoms with van der Waals surface area (Å²) in [6.07, 6.45) is 2.34. The molecule has 1 unspecified atom stereocenters. The molecule has 0 N–H and O–H groups in total. The zero-order valence-corrected chi connectivity index (χ0v) is 23.4. The van der Waals surface area contributed by atoms with E-state index in [0.717, 1.165) is 11.2 Å². The zero-order chi connectivity index (χ0) is 28.1. The lowest BCUT2D eigenvalue weighted by Crippen LogP contribution is -2.48. The minimum absolute atomic E-state index is 0.142. The second-order valence-electron chi connectivity index (χ2n) is 10.7. The lowest BCUT2D eigenvalue weighted by molar-refractivity contribution is -0.308. The average Bonchev–Trinajstić information content (AvgIpc) is 3.09. The Morgan fingerprint density at radius 3 is 1.33 bits per heavy atom. The van der Waals surface area contributed by atoms with Crippen molar-refractivity contribution in [1.82, 2.24) is 0 Å². The van der Waals surface area contributed by atoms with Crippen molar-refractivity contribution in [3.8, 4) is 33.4 Å². The van der Waals surface area contributed by atoms with E-state index >= 15 is 0 Å². The third kappa shape index (κ3) is 5.48. The Hall–Kier alpha value is -4.99. The molecule has 0 aromatic heterocycles. The van der Waals surface area contributed by atoms with Gasteiger partial charge in [-0.15, -0.1) is 0 Å². The average molecular weight is 540 g/mol. The Morgan fingerprint density at radius 1 is 0.452 bits per heavy atom. The summed E-state index contributed by atoms with van der Waals surface area (Å²) in [5.41, 5.74) is 10.8. The first-order valence-corrected chi connectivity index (χ1v) is 14.5. The van der Waals surface area contributed by atoms with E-state index in [1.165, 1.54) is 38.9 Å². The largest absolute Gasteiger partial charge is 0.696 e. The minimum Gasteiger partial charge on any atom is -0.368 e. The highest BCUT2D eigenvalue weighted by Crippen LogP contribution is 2.28. The standard InChI is InChI=1S/C39H31BNO/c1-4-10-30(11-5-1)33-16-18-36(19-17-33)37-28-41(39-26-22-35(23-27-39)32-14-8-3-9-15-32)40(42-29-37)38-24-20-34(21-25-38)31-12-6-2-7-13-31/h1-28,37H,29H2/q+1. The maximum Gasteiger partial charge on any atom is 0.696 e. The fraction of sp³-hybridized carbons (Fsp3) is 0.0513. The van der Waals surface area contributed by atoms with Crippen LogP contribution in [0.15, 0.2) is 164 Å². The maximum atomic E-state index is 6.67. The Bertz CT molecular complexity index is 1780. The summed E-state index contributed by atoms with van der Waals surface area (Å²) in [5, 5.41) is 0. The van der Waals surface area contributed by atoms with Gasteiger partial charge in [0.25, 0.3) is 0 Å². The third-order valence-electron chi connectivity index (χ3n) is 8.05. The van der Waals surface area contributed by atoms with Crippen LogP contribution in [0.3, 0.4) is 0 Å². The Labute approximate surface area is 248 Å². The van der Waals surface area contributed by atoms with E-state index < -0.39 is 0 Å². The van der Waals surface area contributed by atoms with Crippen LogP contribution in [0, 0.1) is 0 Å². The molecule has 1 aliphatic rings. The quantitative estimate of drug-likeness (QED) is 0.193. The predicted molar refractivity (Wildman–Crippen MR) is 176 cm³/mol. The van der Waals surface area contributed by atoms with Crippen molar-refractivity contribution in [3.63, 3.8) is 0 Å². The first-order valence-electron chi connectivity index (χ1n) is 14.5. The molecule has 0 saturated heterocycles. The summed E-state index contributed by atoms with van der Waals surface area (Å²) in [6.45, 7) is 0.619. The highest BCUT2D eigenvalue weighted by atomic mass is 16.4. The maximum absolute atomic E-state index is 6.67. The molecule has 0 fully saturated rings. The molecule has 0 spiro atoms. The molecular formula is C39H31BNO+. The van der Waals surface area contributed by atoms with Crippen LogP contribution >= 0.6 is 0 Å². The van der Waals surface area contributed by atoms with Crippen molar-refractivity contribution >= 4 is 24.4 Å². The SMILES string of the molecule is C1=[N+](c2ccc(-c3ccccc3)cc2)B(c2ccc(-c3ccccc3)cc2)OCC1c1ccc(-c2ccccc2)cc1. The van der Waals surface area contributed by atoms with Gasteiger partial charge >= 0.3 is 7.05 Å². The molecule has 0 saturated carbocycles. The van der Waals surface area contributed by atoms with Crippen LogP contribution in [0.5, 0.6) is 0 Å². The fourth-order valence-electron chi connectivity index (χ4n) is 5.73. The van der Waals surface area contributed by atoms with Crippen molar-refractivity contribution in [2.45, 2.75) is 5.92 Å². The Kier molecular flexibility index (Phi) is 7.33. The zero-order valence-electron chi connectivity index (χ0n) is 23.4. The number of benzene rings is 6. The third-order valence-corrected chi connectivity index (χ3v) is 8.05. The molecule has 0 radical (unpaired) electrons. The Morgan fingerprint density at radius 2 is 0.857 bits per heavy atom. The molecule has 3 heteroatoms. The number of hydrogen-bond acceptors (Lipinski definition) is 1. The van der Waals surface area contributed by atoms with Gasteiger partial charge in [0.2, 0.25) is 0 Å². The molecule has 42 heavy (non-hydrogen) atoms. The van der Waals surface area contributed by atoms with Gasteiger partial charge in [0, 0.05) is 17.6 Å². The van der Waals surface area contributed by atoms with E-state index in [2.05, 4.69) is 174 Å². The molecule has 1 aliphatic heterocycles. The van der Waals surface area contributed by atoms with E-state index in [1.807, 2.05) is 0 Å². The van der Waals surface area contributed by atoms with Crippen LogP contribution in [-0.2, 0) is 4.65 Å². The lowest BCUT2D eigenvalue weighted by atomic mass is 9.70. The lowest BCUT2D eigenvalue weighted by Gasteiger charge is -2.22. The first kappa shape index (κ1) is 25.9. The molecule has 6 aromatic carbocycles. The van der Waals surface area contributed by atoms with Crippen LogP contribution in [0.4, 0.5) is 5.69 Å². The highest BCUT2D eigenvalue weighted by molar-refractivity contribution is 6.61. The Balaban J connectivity index is 1.23.